The molecule has 0 bridgehead atoms. The van der Waals surface area contributed by atoms with Crippen molar-refractivity contribution in [1.29, 1.82) is 0 Å². The van der Waals surface area contributed by atoms with Gasteiger partial charge in [0.15, 0.2) is 0 Å². The SMILES string of the molecule is CS(=O)(=O)N1C[CH]CCC1. The van der Waals surface area contributed by atoms with E-state index in [4.69, 9.17) is 0 Å². The molecular weight excluding hydrogens is 150 g/mol. The van der Waals surface area contributed by atoms with Crippen LogP contribution in [0.5, 0.6) is 0 Å². The van der Waals surface area contributed by atoms with Gasteiger partial charge < -0.3 is 0 Å². The van der Waals surface area contributed by atoms with Gasteiger partial charge in [-0.1, -0.05) is 0 Å². The van der Waals surface area contributed by atoms with Gasteiger partial charge in [-0.25, -0.2) is 12.7 Å². The summed E-state index contributed by atoms with van der Waals surface area (Å²) < 4.78 is 23.3. The van der Waals surface area contributed by atoms with Crippen LogP contribution in [0.15, 0.2) is 0 Å². The van der Waals surface area contributed by atoms with Gasteiger partial charge in [0, 0.05) is 13.1 Å². The molecule has 1 saturated heterocycles. The summed E-state index contributed by atoms with van der Waals surface area (Å²) in [5, 5.41) is 0. The molecule has 0 N–H and O–H groups in total. The van der Waals surface area contributed by atoms with E-state index in [0.29, 0.717) is 13.1 Å². The fraction of sp³-hybridized carbons (Fsp3) is 0.833. The van der Waals surface area contributed by atoms with Crippen molar-refractivity contribution in [3.8, 4) is 0 Å². The second kappa shape index (κ2) is 2.88. The molecule has 0 aromatic carbocycles. The van der Waals surface area contributed by atoms with Crippen LogP contribution in [0.3, 0.4) is 0 Å². The Bertz CT molecular complexity index is 192. The molecule has 0 aromatic heterocycles. The zero-order valence-corrected chi connectivity index (χ0v) is 6.89. The quantitative estimate of drug-likeness (QED) is 0.554. The highest BCUT2D eigenvalue weighted by molar-refractivity contribution is 7.88. The Kier molecular flexibility index (Phi) is 2.31. The maximum Gasteiger partial charge on any atom is 0.211 e. The van der Waals surface area contributed by atoms with Crippen LogP contribution in [0.2, 0.25) is 0 Å². The van der Waals surface area contributed by atoms with Crippen LogP contribution in [0.25, 0.3) is 0 Å². The Labute approximate surface area is 62.1 Å². The zero-order chi connectivity index (χ0) is 7.61. The number of hydrogen-bond donors (Lipinski definition) is 0. The van der Waals surface area contributed by atoms with E-state index >= 15 is 0 Å². The molecule has 0 unspecified atom stereocenters. The summed E-state index contributed by atoms with van der Waals surface area (Å²) in [6.07, 6.45) is 5.27. The first-order valence-corrected chi connectivity index (χ1v) is 5.22. The molecule has 1 rings (SSSR count). The lowest BCUT2D eigenvalue weighted by atomic mass is 10.2. The lowest BCUT2D eigenvalue weighted by Gasteiger charge is -2.23. The molecule has 4 heteroatoms. The number of sulfonamides is 1. The molecule has 1 aliphatic rings. The summed E-state index contributed by atoms with van der Waals surface area (Å²) >= 11 is 0. The molecule has 1 heterocycles. The maximum absolute atomic E-state index is 10.9. The highest BCUT2D eigenvalue weighted by atomic mass is 32.2. The van der Waals surface area contributed by atoms with Gasteiger partial charge in [0.1, 0.15) is 0 Å². The topological polar surface area (TPSA) is 37.4 Å². The van der Waals surface area contributed by atoms with E-state index in [-0.39, 0.29) is 0 Å². The highest BCUT2D eigenvalue weighted by Crippen LogP contribution is 2.10. The largest absolute Gasteiger partial charge is 0.213 e. The number of piperidine rings is 1. The standard InChI is InChI=1S/C6H12NO2S/c1-10(8,9)7-5-3-2-4-6-7/h3H,2,4-6H2,1H3. The third kappa shape index (κ3) is 1.95. The van der Waals surface area contributed by atoms with Gasteiger partial charge in [0.05, 0.1) is 6.26 Å². The molecule has 59 valence electrons. The fourth-order valence-electron chi connectivity index (χ4n) is 1.04. The Hall–Kier alpha value is -0.0900. The number of hydrogen-bond acceptors (Lipinski definition) is 2. The van der Waals surface area contributed by atoms with Crippen LogP contribution in [-0.2, 0) is 10.0 Å². The van der Waals surface area contributed by atoms with Gasteiger partial charge in [0.2, 0.25) is 10.0 Å². The van der Waals surface area contributed by atoms with Crippen molar-refractivity contribution in [3.63, 3.8) is 0 Å². The molecule has 3 nitrogen and oxygen atoms in total. The lowest BCUT2D eigenvalue weighted by molar-refractivity contribution is 0.394. The summed E-state index contributed by atoms with van der Waals surface area (Å²) in [4.78, 5) is 0. The van der Waals surface area contributed by atoms with Gasteiger partial charge in [0.25, 0.3) is 0 Å². The molecule has 1 radical (unpaired) electrons. The van der Waals surface area contributed by atoms with Gasteiger partial charge >= 0.3 is 0 Å². The summed E-state index contributed by atoms with van der Waals surface area (Å²) in [5.74, 6) is 0. The van der Waals surface area contributed by atoms with E-state index in [1.807, 2.05) is 6.42 Å². The molecule has 0 aliphatic carbocycles. The summed E-state index contributed by atoms with van der Waals surface area (Å²) in [6, 6.07) is 0. The van der Waals surface area contributed by atoms with Crippen LogP contribution >= 0.6 is 0 Å². The summed E-state index contributed by atoms with van der Waals surface area (Å²) in [6.45, 7) is 1.29. The van der Waals surface area contributed by atoms with Crippen molar-refractivity contribution in [1.82, 2.24) is 4.31 Å². The third-order valence-electron chi connectivity index (χ3n) is 1.62. The third-order valence-corrected chi connectivity index (χ3v) is 2.89. The Balaban J connectivity index is 2.56. The van der Waals surface area contributed by atoms with Crippen molar-refractivity contribution in [2.75, 3.05) is 19.3 Å². The molecule has 0 amide bonds. The molecular formula is C6H12NO2S. The molecule has 0 spiro atoms. The molecule has 0 aromatic rings. The lowest BCUT2D eigenvalue weighted by Crippen LogP contribution is -2.34. The number of rotatable bonds is 1. The average Bonchev–Trinajstić information content (AvgIpc) is 1.88. The molecule has 0 saturated carbocycles. The number of nitrogens with zero attached hydrogens (tertiary/aromatic N) is 1. The monoisotopic (exact) mass is 162 g/mol. The van der Waals surface area contributed by atoms with Crippen LogP contribution < -0.4 is 0 Å². The molecule has 10 heavy (non-hydrogen) atoms. The van der Waals surface area contributed by atoms with Crippen LogP contribution in [-0.4, -0.2) is 32.1 Å². The van der Waals surface area contributed by atoms with Gasteiger partial charge in [-0.2, -0.15) is 0 Å². The van der Waals surface area contributed by atoms with Crippen molar-refractivity contribution in [3.05, 3.63) is 6.42 Å². The molecule has 0 atom stereocenters. The van der Waals surface area contributed by atoms with Crippen LogP contribution in [0, 0.1) is 6.42 Å². The predicted molar refractivity (Wildman–Crippen MR) is 40.0 cm³/mol. The second-order valence-corrected chi connectivity index (χ2v) is 4.53. The Morgan fingerprint density at radius 1 is 1.50 bits per heavy atom. The zero-order valence-electron chi connectivity index (χ0n) is 6.08. The van der Waals surface area contributed by atoms with Crippen LogP contribution in [0.1, 0.15) is 12.8 Å². The molecule has 1 fully saturated rings. The van der Waals surface area contributed by atoms with E-state index in [0.717, 1.165) is 12.8 Å². The van der Waals surface area contributed by atoms with E-state index in [2.05, 4.69) is 0 Å². The minimum atomic E-state index is -2.92. The minimum Gasteiger partial charge on any atom is -0.213 e. The average molecular weight is 162 g/mol. The predicted octanol–water partition coefficient (Wildman–Crippen LogP) is 0.246. The van der Waals surface area contributed by atoms with Crippen molar-refractivity contribution < 1.29 is 8.42 Å². The normalized spacial score (nSPS) is 22.9. The van der Waals surface area contributed by atoms with Crippen LogP contribution in [0.4, 0.5) is 0 Å². The Morgan fingerprint density at radius 2 is 2.20 bits per heavy atom. The highest BCUT2D eigenvalue weighted by Gasteiger charge is 2.18. The van der Waals surface area contributed by atoms with Gasteiger partial charge in [-0.15, -0.1) is 0 Å². The van der Waals surface area contributed by atoms with E-state index in [1.165, 1.54) is 10.6 Å². The smallest absolute Gasteiger partial charge is 0.211 e. The van der Waals surface area contributed by atoms with Crippen molar-refractivity contribution >= 4 is 10.0 Å². The minimum absolute atomic E-state index is 0.596. The second-order valence-electron chi connectivity index (χ2n) is 2.55. The first-order chi connectivity index (χ1) is 4.61. The Morgan fingerprint density at radius 3 is 2.50 bits per heavy atom. The van der Waals surface area contributed by atoms with Gasteiger partial charge in [-0.05, 0) is 19.3 Å². The first-order valence-electron chi connectivity index (χ1n) is 3.37. The maximum atomic E-state index is 10.9. The first kappa shape index (κ1) is 8.01. The van der Waals surface area contributed by atoms with Crippen molar-refractivity contribution in [2.24, 2.45) is 0 Å². The summed E-state index contributed by atoms with van der Waals surface area (Å²) in [7, 11) is -2.92. The summed E-state index contributed by atoms with van der Waals surface area (Å²) in [5.41, 5.74) is 0. The van der Waals surface area contributed by atoms with E-state index in [1.54, 1.807) is 0 Å². The van der Waals surface area contributed by atoms with E-state index < -0.39 is 10.0 Å². The van der Waals surface area contributed by atoms with Gasteiger partial charge in [-0.3, -0.25) is 0 Å². The van der Waals surface area contributed by atoms with E-state index in [9.17, 15) is 8.42 Å². The molecule has 1 aliphatic heterocycles. The fourth-order valence-corrected chi connectivity index (χ4v) is 1.88. The van der Waals surface area contributed by atoms with Crippen molar-refractivity contribution in [2.45, 2.75) is 12.8 Å².